The number of Topliss-reactive ketones (excluding diaryl/α,β-unsaturated/α-hetero) is 1. The molecule has 0 unspecified atom stereocenters. The fraction of sp³-hybridized carbons (Fsp3) is 0.400. The van der Waals surface area contributed by atoms with Crippen LogP contribution < -0.4 is 4.57 Å². The van der Waals surface area contributed by atoms with E-state index in [-0.39, 0.29) is 5.78 Å². The van der Waals surface area contributed by atoms with Crippen LogP contribution in [0.25, 0.3) is 0 Å². The van der Waals surface area contributed by atoms with Crippen LogP contribution in [0.1, 0.15) is 18.3 Å². The molecular weight excluding hydrogens is 150 g/mol. The van der Waals surface area contributed by atoms with E-state index in [2.05, 4.69) is 0 Å². The number of carbonyl (C=O) groups excluding carboxylic acids is 1. The molecule has 0 fully saturated rings. The summed E-state index contributed by atoms with van der Waals surface area (Å²) in [5, 5.41) is 0. The zero-order valence-corrected chi connectivity index (χ0v) is 7.79. The van der Waals surface area contributed by atoms with Gasteiger partial charge in [0, 0.05) is 32.9 Å². The van der Waals surface area contributed by atoms with E-state index in [4.69, 9.17) is 0 Å². The topological polar surface area (TPSA) is 20.9 Å². The van der Waals surface area contributed by atoms with Gasteiger partial charge >= 0.3 is 0 Å². The predicted molar refractivity (Wildman–Crippen MR) is 46.8 cm³/mol. The number of aryl methyl sites for hydroxylation is 2. The van der Waals surface area contributed by atoms with Crippen LogP contribution in [0.4, 0.5) is 0 Å². The van der Waals surface area contributed by atoms with E-state index >= 15 is 0 Å². The third-order valence-corrected chi connectivity index (χ3v) is 1.91. The maximum atomic E-state index is 10.9. The molecule has 1 aromatic heterocycles. The molecule has 0 aliphatic heterocycles. The van der Waals surface area contributed by atoms with E-state index in [0.29, 0.717) is 6.54 Å². The lowest BCUT2D eigenvalue weighted by atomic mass is 10.3. The molecule has 12 heavy (non-hydrogen) atoms. The van der Waals surface area contributed by atoms with Crippen molar-refractivity contribution in [2.75, 3.05) is 0 Å². The van der Waals surface area contributed by atoms with Crippen LogP contribution in [-0.4, -0.2) is 5.78 Å². The van der Waals surface area contributed by atoms with Gasteiger partial charge in [0.15, 0.2) is 17.2 Å². The lowest BCUT2D eigenvalue weighted by molar-refractivity contribution is -0.696. The second-order valence-electron chi connectivity index (χ2n) is 3.10. The van der Waals surface area contributed by atoms with Crippen molar-refractivity contribution in [2.45, 2.75) is 27.3 Å². The molecule has 2 heteroatoms. The van der Waals surface area contributed by atoms with Crippen molar-refractivity contribution in [1.29, 1.82) is 0 Å². The first kappa shape index (κ1) is 8.91. The average molecular weight is 164 g/mol. The SMILES string of the molecule is CC(=O)C[n+]1c(C)cccc1C. The first-order chi connectivity index (χ1) is 5.61. The number of nitrogens with zero attached hydrogens (tertiary/aromatic N) is 1. The Kier molecular flexibility index (Phi) is 2.58. The molecule has 0 aliphatic rings. The number of hydrogen-bond donors (Lipinski definition) is 0. The Morgan fingerprint density at radius 2 is 1.83 bits per heavy atom. The second kappa shape index (κ2) is 3.48. The van der Waals surface area contributed by atoms with Crippen molar-refractivity contribution in [1.82, 2.24) is 0 Å². The number of hydrogen-bond acceptors (Lipinski definition) is 1. The van der Waals surface area contributed by atoms with E-state index in [9.17, 15) is 4.79 Å². The lowest BCUT2D eigenvalue weighted by Gasteiger charge is -2.00. The van der Waals surface area contributed by atoms with Gasteiger partial charge in [-0.2, -0.15) is 4.57 Å². The zero-order chi connectivity index (χ0) is 9.14. The van der Waals surface area contributed by atoms with E-state index in [0.717, 1.165) is 11.4 Å². The summed E-state index contributed by atoms with van der Waals surface area (Å²) >= 11 is 0. The highest BCUT2D eigenvalue weighted by atomic mass is 16.1. The highest BCUT2D eigenvalue weighted by molar-refractivity contribution is 5.73. The summed E-state index contributed by atoms with van der Waals surface area (Å²) < 4.78 is 2.02. The van der Waals surface area contributed by atoms with E-state index in [1.54, 1.807) is 6.92 Å². The summed E-state index contributed by atoms with van der Waals surface area (Å²) in [5.74, 6) is 0.192. The summed E-state index contributed by atoms with van der Waals surface area (Å²) in [5.41, 5.74) is 2.26. The van der Waals surface area contributed by atoms with Gasteiger partial charge in [-0.3, -0.25) is 4.79 Å². The smallest absolute Gasteiger partial charge is 0.206 e. The van der Waals surface area contributed by atoms with Crippen molar-refractivity contribution in [3.8, 4) is 0 Å². The van der Waals surface area contributed by atoms with Crippen molar-refractivity contribution in [3.63, 3.8) is 0 Å². The largest absolute Gasteiger partial charge is 0.293 e. The molecule has 0 saturated carbocycles. The van der Waals surface area contributed by atoms with Crippen molar-refractivity contribution in [2.24, 2.45) is 0 Å². The van der Waals surface area contributed by atoms with Gasteiger partial charge in [0.1, 0.15) is 0 Å². The summed E-state index contributed by atoms with van der Waals surface area (Å²) in [4.78, 5) is 10.9. The first-order valence-electron chi connectivity index (χ1n) is 4.07. The van der Waals surface area contributed by atoms with Crippen LogP contribution in [-0.2, 0) is 11.3 Å². The summed E-state index contributed by atoms with van der Waals surface area (Å²) in [6.45, 7) is 6.11. The molecule has 0 amide bonds. The molecular formula is C10H14NO+. The third kappa shape index (κ3) is 1.91. The van der Waals surface area contributed by atoms with Gasteiger partial charge in [0.25, 0.3) is 0 Å². The molecule has 1 aromatic rings. The van der Waals surface area contributed by atoms with Gasteiger partial charge in [-0.1, -0.05) is 0 Å². The summed E-state index contributed by atoms with van der Waals surface area (Å²) in [7, 11) is 0. The zero-order valence-electron chi connectivity index (χ0n) is 7.79. The van der Waals surface area contributed by atoms with Crippen molar-refractivity contribution in [3.05, 3.63) is 29.6 Å². The van der Waals surface area contributed by atoms with Crippen molar-refractivity contribution < 1.29 is 9.36 Å². The van der Waals surface area contributed by atoms with Crippen LogP contribution in [0.5, 0.6) is 0 Å². The molecule has 0 atom stereocenters. The summed E-state index contributed by atoms with van der Waals surface area (Å²) in [6.07, 6.45) is 0. The molecule has 0 bridgehead atoms. The quantitative estimate of drug-likeness (QED) is 0.601. The van der Waals surface area contributed by atoms with Crippen LogP contribution in [0.3, 0.4) is 0 Å². The number of carbonyl (C=O) groups is 1. The summed E-state index contributed by atoms with van der Waals surface area (Å²) in [6, 6.07) is 6.02. The molecule has 0 saturated heterocycles. The Labute approximate surface area is 72.8 Å². The lowest BCUT2D eigenvalue weighted by Crippen LogP contribution is -2.42. The van der Waals surface area contributed by atoms with Crippen molar-refractivity contribution >= 4 is 5.78 Å². The van der Waals surface area contributed by atoms with E-state index < -0.39 is 0 Å². The average Bonchev–Trinajstić information content (AvgIpc) is 1.97. The fourth-order valence-corrected chi connectivity index (χ4v) is 1.26. The van der Waals surface area contributed by atoms with Crippen LogP contribution in [0, 0.1) is 13.8 Å². The van der Waals surface area contributed by atoms with Gasteiger partial charge in [-0.05, 0) is 6.07 Å². The number of pyridine rings is 1. The first-order valence-corrected chi connectivity index (χ1v) is 4.07. The molecule has 0 aromatic carbocycles. The Morgan fingerprint density at radius 1 is 1.33 bits per heavy atom. The molecule has 0 N–H and O–H groups in total. The van der Waals surface area contributed by atoms with Crippen LogP contribution >= 0.6 is 0 Å². The molecule has 0 radical (unpaired) electrons. The minimum Gasteiger partial charge on any atom is -0.293 e. The minimum absolute atomic E-state index is 0.192. The minimum atomic E-state index is 0.192. The Balaban J connectivity index is 3.04. The standard InChI is InChI=1S/C10H14NO/c1-8-5-4-6-9(2)11(8)7-10(3)12/h4-6H,7H2,1-3H3/q+1. The predicted octanol–water partition coefficient (Wildman–Crippen LogP) is 1.18. The molecule has 1 rings (SSSR count). The van der Waals surface area contributed by atoms with Gasteiger partial charge in [0.2, 0.25) is 6.54 Å². The monoisotopic (exact) mass is 164 g/mol. The third-order valence-electron chi connectivity index (χ3n) is 1.91. The Hall–Kier alpha value is -1.18. The number of aromatic nitrogens is 1. The van der Waals surface area contributed by atoms with Gasteiger partial charge < -0.3 is 0 Å². The number of rotatable bonds is 2. The molecule has 64 valence electrons. The van der Waals surface area contributed by atoms with E-state index in [1.165, 1.54) is 0 Å². The number of ketones is 1. The van der Waals surface area contributed by atoms with E-state index in [1.807, 2.05) is 36.6 Å². The highest BCUT2D eigenvalue weighted by Gasteiger charge is 2.10. The Morgan fingerprint density at radius 3 is 2.25 bits per heavy atom. The maximum absolute atomic E-state index is 10.9. The molecule has 2 nitrogen and oxygen atoms in total. The fourth-order valence-electron chi connectivity index (χ4n) is 1.26. The maximum Gasteiger partial charge on any atom is 0.206 e. The van der Waals surface area contributed by atoms with Gasteiger partial charge in [-0.25, -0.2) is 0 Å². The highest BCUT2D eigenvalue weighted by Crippen LogP contribution is 1.93. The molecule has 0 spiro atoms. The van der Waals surface area contributed by atoms with Crippen LogP contribution in [0.15, 0.2) is 18.2 Å². The normalized spacial score (nSPS) is 9.92. The molecule has 1 heterocycles. The molecule has 0 aliphatic carbocycles. The Bertz CT molecular complexity index is 284. The van der Waals surface area contributed by atoms with Gasteiger partial charge in [-0.15, -0.1) is 0 Å². The second-order valence-corrected chi connectivity index (χ2v) is 3.10. The van der Waals surface area contributed by atoms with Gasteiger partial charge in [0.05, 0.1) is 0 Å². The van der Waals surface area contributed by atoms with Crippen LogP contribution in [0.2, 0.25) is 0 Å².